The average Bonchev–Trinajstić information content (AvgIpc) is 2.88. The number of methoxy groups -OCH3 is 1. The molecule has 1 amide bonds. The summed E-state index contributed by atoms with van der Waals surface area (Å²) in [5.41, 5.74) is 3.09. The van der Waals surface area contributed by atoms with Crippen LogP contribution in [0.4, 0.5) is 0 Å². The van der Waals surface area contributed by atoms with Gasteiger partial charge in [0, 0.05) is 10.6 Å². The van der Waals surface area contributed by atoms with Crippen LogP contribution in [0.25, 0.3) is 10.8 Å². The Morgan fingerprint density at radius 3 is 2.44 bits per heavy atom. The van der Waals surface area contributed by atoms with E-state index in [1.54, 1.807) is 43.5 Å². The number of carbonyl (C=O) groups excluding carboxylic acids is 2. The first-order chi connectivity index (χ1) is 17.4. The fourth-order valence-corrected chi connectivity index (χ4v) is 3.82. The third kappa shape index (κ3) is 6.13. The van der Waals surface area contributed by atoms with Gasteiger partial charge >= 0.3 is 5.97 Å². The van der Waals surface area contributed by atoms with Gasteiger partial charge < -0.3 is 14.2 Å². The van der Waals surface area contributed by atoms with Gasteiger partial charge in [0.1, 0.15) is 17.2 Å². The highest BCUT2D eigenvalue weighted by Gasteiger charge is 2.16. The predicted molar refractivity (Wildman–Crippen MR) is 140 cm³/mol. The van der Waals surface area contributed by atoms with Crippen LogP contribution in [0.5, 0.6) is 17.2 Å². The molecule has 0 radical (unpaired) electrons. The maximum absolute atomic E-state index is 12.8. The van der Waals surface area contributed by atoms with E-state index in [2.05, 4.69) is 10.5 Å². The van der Waals surface area contributed by atoms with Gasteiger partial charge in [0.15, 0.2) is 6.61 Å². The molecule has 0 saturated carbocycles. The van der Waals surface area contributed by atoms with E-state index in [0.29, 0.717) is 22.1 Å². The largest absolute Gasteiger partial charge is 0.497 e. The Morgan fingerprint density at radius 2 is 1.69 bits per heavy atom. The van der Waals surface area contributed by atoms with E-state index < -0.39 is 11.9 Å². The van der Waals surface area contributed by atoms with Gasteiger partial charge in [-0.05, 0) is 59.3 Å². The third-order valence-electron chi connectivity index (χ3n) is 5.10. The van der Waals surface area contributed by atoms with Crippen LogP contribution in [0.3, 0.4) is 0 Å². The van der Waals surface area contributed by atoms with Crippen molar-refractivity contribution >= 4 is 52.1 Å². The Kier molecular flexibility index (Phi) is 8.05. The number of halogens is 2. The molecule has 0 unspecified atom stereocenters. The molecule has 0 bridgehead atoms. The SMILES string of the molecule is COc1ccc(OCC(=O)N/N=C/c2c(OC(=O)c3ccc(Cl)cc3Cl)ccc3ccccc23)cc1. The monoisotopic (exact) mass is 522 g/mol. The topological polar surface area (TPSA) is 86.2 Å². The molecule has 182 valence electrons. The number of hydrogen-bond acceptors (Lipinski definition) is 6. The van der Waals surface area contributed by atoms with Crippen LogP contribution in [0.15, 0.2) is 84.0 Å². The van der Waals surface area contributed by atoms with Crippen molar-refractivity contribution < 1.29 is 23.8 Å². The molecule has 0 atom stereocenters. The number of rotatable bonds is 8. The normalized spacial score (nSPS) is 10.9. The van der Waals surface area contributed by atoms with Crippen molar-refractivity contribution in [3.8, 4) is 17.2 Å². The zero-order valence-corrected chi connectivity index (χ0v) is 20.5. The summed E-state index contributed by atoms with van der Waals surface area (Å²) in [5, 5.41) is 6.30. The highest BCUT2D eigenvalue weighted by atomic mass is 35.5. The van der Waals surface area contributed by atoms with Crippen LogP contribution in [0.2, 0.25) is 10.0 Å². The van der Waals surface area contributed by atoms with Crippen LogP contribution in [0.1, 0.15) is 15.9 Å². The maximum Gasteiger partial charge on any atom is 0.345 e. The molecule has 7 nitrogen and oxygen atoms in total. The number of esters is 1. The first-order valence-electron chi connectivity index (χ1n) is 10.7. The van der Waals surface area contributed by atoms with Crippen LogP contribution in [0, 0.1) is 0 Å². The quantitative estimate of drug-likeness (QED) is 0.135. The number of carbonyl (C=O) groups is 2. The van der Waals surface area contributed by atoms with E-state index in [-0.39, 0.29) is 22.9 Å². The van der Waals surface area contributed by atoms with Gasteiger partial charge in [-0.15, -0.1) is 0 Å². The fraction of sp³-hybridized carbons (Fsp3) is 0.0741. The number of fused-ring (bicyclic) bond motifs is 1. The Bertz CT molecular complexity index is 1440. The Morgan fingerprint density at radius 1 is 0.944 bits per heavy atom. The van der Waals surface area contributed by atoms with E-state index in [9.17, 15) is 9.59 Å². The molecule has 0 aliphatic heterocycles. The van der Waals surface area contributed by atoms with Crippen LogP contribution < -0.4 is 19.6 Å². The zero-order chi connectivity index (χ0) is 25.5. The zero-order valence-electron chi connectivity index (χ0n) is 19.0. The summed E-state index contributed by atoms with van der Waals surface area (Å²) < 4.78 is 16.2. The lowest BCUT2D eigenvalue weighted by molar-refractivity contribution is -0.123. The number of hydrazone groups is 1. The molecule has 4 rings (SSSR count). The molecular formula is C27H20Cl2N2O5. The maximum atomic E-state index is 12.8. The fourth-order valence-electron chi connectivity index (χ4n) is 3.33. The lowest BCUT2D eigenvalue weighted by Crippen LogP contribution is -2.24. The lowest BCUT2D eigenvalue weighted by Gasteiger charge is -2.11. The summed E-state index contributed by atoms with van der Waals surface area (Å²) in [7, 11) is 1.57. The van der Waals surface area contributed by atoms with Gasteiger partial charge in [-0.3, -0.25) is 4.79 Å². The molecular weight excluding hydrogens is 503 g/mol. The minimum atomic E-state index is -0.654. The van der Waals surface area contributed by atoms with Crippen LogP contribution in [-0.4, -0.2) is 31.8 Å². The predicted octanol–water partition coefficient (Wildman–Crippen LogP) is 5.90. The van der Waals surface area contributed by atoms with Crippen molar-refractivity contribution in [2.45, 2.75) is 0 Å². The Labute approximate surface area is 217 Å². The van der Waals surface area contributed by atoms with Gasteiger partial charge in [-0.1, -0.05) is 53.5 Å². The molecule has 0 saturated heterocycles. The van der Waals surface area contributed by atoms with E-state index in [4.69, 9.17) is 37.4 Å². The second kappa shape index (κ2) is 11.6. The van der Waals surface area contributed by atoms with Crippen LogP contribution >= 0.6 is 23.2 Å². The van der Waals surface area contributed by atoms with Crippen molar-refractivity contribution in [3.05, 3.63) is 100 Å². The summed E-state index contributed by atoms with van der Waals surface area (Å²) in [6.45, 7) is -0.240. The first kappa shape index (κ1) is 25.0. The van der Waals surface area contributed by atoms with Crippen LogP contribution in [-0.2, 0) is 4.79 Å². The van der Waals surface area contributed by atoms with E-state index >= 15 is 0 Å². The molecule has 4 aromatic rings. The number of benzene rings is 4. The summed E-state index contributed by atoms with van der Waals surface area (Å²) in [6, 6.07) is 22.3. The second-order valence-corrected chi connectivity index (χ2v) is 8.31. The molecule has 0 aliphatic rings. The highest BCUT2D eigenvalue weighted by molar-refractivity contribution is 6.36. The highest BCUT2D eigenvalue weighted by Crippen LogP contribution is 2.29. The molecule has 0 aliphatic carbocycles. The van der Waals surface area contributed by atoms with E-state index in [0.717, 1.165) is 10.8 Å². The van der Waals surface area contributed by atoms with Crippen molar-refractivity contribution in [2.24, 2.45) is 5.10 Å². The summed E-state index contributed by atoms with van der Waals surface area (Å²) >= 11 is 12.1. The van der Waals surface area contributed by atoms with Crippen molar-refractivity contribution in [2.75, 3.05) is 13.7 Å². The average molecular weight is 523 g/mol. The summed E-state index contributed by atoms with van der Waals surface area (Å²) in [5.74, 6) is 0.324. The molecule has 1 N–H and O–H groups in total. The Hall–Kier alpha value is -4.07. The number of amides is 1. The molecule has 4 aromatic carbocycles. The minimum Gasteiger partial charge on any atom is -0.497 e. The van der Waals surface area contributed by atoms with Crippen molar-refractivity contribution in [1.82, 2.24) is 5.43 Å². The molecule has 0 aromatic heterocycles. The molecule has 0 fully saturated rings. The molecule has 9 heteroatoms. The van der Waals surface area contributed by atoms with E-state index in [1.807, 2.05) is 30.3 Å². The van der Waals surface area contributed by atoms with Gasteiger partial charge in [0.2, 0.25) is 0 Å². The number of hydrogen-bond donors (Lipinski definition) is 1. The Balaban J connectivity index is 1.50. The summed E-state index contributed by atoms with van der Waals surface area (Å²) in [4.78, 5) is 25.0. The first-order valence-corrected chi connectivity index (χ1v) is 11.5. The lowest BCUT2D eigenvalue weighted by atomic mass is 10.0. The number of nitrogens with zero attached hydrogens (tertiary/aromatic N) is 1. The molecule has 36 heavy (non-hydrogen) atoms. The number of ether oxygens (including phenoxy) is 3. The van der Waals surface area contributed by atoms with Gasteiger partial charge in [0.05, 0.1) is 23.9 Å². The van der Waals surface area contributed by atoms with Crippen molar-refractivity contribution in [1.29, 1.82) is 0 Å². The third-order valence-corrected chi connectivity index (χ3v) is 5.64. The van der Waals surface area contributed by atoms with Gasteiger partial charge in [-0.25, -0.2) is 10.2 Å². The van der Waals surface area contributed by atoms with Crippen molar-refractivity contribution in [3.63, 3.8) is 0 Å². The number of nitrogens with one attached hydrogen (secondary N) is 1. The second-order valence-electron chi connectivity index (χ2n) is 7.47. The minimum absolute atomic E-state index is 0.168. The molecule has 0 heterocycles. The van der Waals surface area contributed by atoms with E-state index in [1.165, 1.54) is 18.3 Å². The smallest absolute Gasteiger partial charge is 0.345 e. The van der Waals surface area contributed by atoms with Gasteiger partial charge in [-0.2, -0.15) is 5.10 Å². The standard InChI is InChI=1S/C27H20Cl2N2O5/c1-34-19-8-10-20(11-9-19)35-16-26(32)31-30-15-23-21-5-3-2-4-17(21)6-13-25(23)36-27(33)22-12-7-18(28)14-24(22)29/h2-15H,16H2,1H3,(H,31,32)/b30-15+. The summed E-state index contributed by atoms with van der Waals surface area (Å²) in [6.07, 6.45) is 1.42. The molecule has 0 spiro atoms. The van der Waals surface area contributed by atoms with Gasteiger partial charge in [0.25, 0.3) is 5.91 Å².